The molecule has 0 radical (unpaired) electrons. The third-order valence-corrected chi connectivity index (χ3v) is 4.99. The minimum Gasteiger partial charge on any atom is -0.396 e. The van der Waals surface area contributed by atoms with Gasteiger partial charge in [0.05, 0.1) is 5.60 Å². The third-order valence-electron chi connectivity index (χ3n) is 4.99. The van der Waals surface area contributed by atoms with Crippen molar-refractivity contribution in [2.24, 2.45) is 0 Å². The van der Waals surface area contributed by atoms with E-state index >= 15 is 0 Å². The quantitative estimate of drug-likeness (QED) is 0.650. The van der Waals surface area contributed by atoms with Gasteiger partial charge in [0, 0.05) is 38.0 Å². The second-order valence-corrected chi connectivity index (χ2v) is 7.61. The summed E-state index contributed by atoms with van der Waals surface area (Å²) in [4.78, 5) is 11.5. The molecule has 0 atom stereocenters. The Hall–Kier alpha value is -2.18. The van der Waals surface area contributed by atoms with E-state index in [9.17, 15) is 5.11 Å². The molecule has 0 fully saturated rings. The average molecular weight is 370 g/mol. The molecule has 2 aromatic rings. The van der Waals surface area contributed by atoms with Gasteiger partial charge in [-0.05, 0) is 49.8 Å². The number of nitrogens with one attached hydrogen (secondary N) is 1. The number of hydrogen-bond donors (Lipinski definition) is 3. The highest BCUT2D eigenvalue weighted by Crippen LogP contribution is 2.28. The van der Waals surface area contributed by atoms with Crippen LogP contribution in [0.1, 0.15) is 49.6 Å². The molecule has 146 valence electrons. The summed E-state index contributed by atoms with van der Waals surface area (Å²) < 4.78 is 0. The predicted molar refractivity (Wildman–Crippen MR) is 108 cm³/mol. The monoisotopic (exact) mass is 370 g/mol. The van der Waals surface area contributed by atoms with Gasteiger partial charge in [-0.3, -0.25) is 0 Å². The van der Waals surface area contributed by atoms with Gasteiger partial charge >= 0.3 is 0 Å². The topological polar surface area (TPSA) is 81.5 Å². The minimum atomic E-state index is -0.815. The first-order valence-electron chi connectivity index (χ1n) is 9.73. The number of anilines is 2. The van der Waals surface area contributed by atoms with Crippen LogP contribution >= 0.6 is 0 Å². The average Bonchev–Trinajstić information content (AvgIpc) is 2.66. The van der Waals surface area contributed by atoms with E-state index in [0.717, 1.165) is 43.0 Å². The zero-order valence-electron chi connectivity index (χ0n) is 16.5. The van der Waals surface area contributed by atoms with Crippen LogP contribution in [0, 0.1) is 0 Å². The molecule has 1 aliphatic heterocycles. The summed E-state index contributed by atoms with van der Waals surface area (Å²) in [7, 11) is 0. The highest BCUT2D eigenvalue weighted by Gasteiger charge is 2.22. The fourth-order valence-corrected chi connectivity index (χ4v) is 3.31. The first kappa shape index (κ1) is 19.6. The van der Waals surface area contributed by atoms with Crippen molar-refractivity contribution >= 4 is 11.8 Å². The molecule has 27 heavy (non-hydrogen) atoms. The van der Waals surface area contributed by atoms with Crippen LogP contribution in [0.2, 0.25) is 0 Å². The van der Waals surface area contributed by atoms with Gasteiger partial charge in [-0.25, -0.2) is 4.98 Å². The van der Waals surface area contributed by atoms with Gasteiger partial charge < -0.3 is 20.4 Å². The molecule has 0 aliphatic carbocycles. The maximum absolute atomic E-state index is 10.2. The van der Waals surface area contributed by atoms with Crippen molar-refractivity contribution in [2.75, 3.05) is 29.9 Å². The Bertz CT molecular complexity index is 786. The molecule has 0 spiro atoms. The van der Waals surface area contributed by atoms with Crippen molar-refractivity contribution in [1.29, 1.82) is 0 Å². The number of hydrogen-bond acceptors (Lipinski definition) is 6. The summed E-state index contributed by atoms with van der Waals surface area (Å²) >= 11 is 0. The summed E-state index contributed by atoms with van der Waals surface area (Å²) in [5, 5.41) is 22.4. The zero-order chi connectivity index (χ0) is 19.4. The molecule has 0 amide bonds. The normalized spacial score (nSPS) is 14.2. The Morgan fingerprint density at radius 2 is 2.00 bits per heavy atom. The van der Waals surface area contributed by atoms with Crippen molar-refractivity contribution in [1.82, 2.24) is 9.97 Å². The number of aryl methyl sites for hydroxylation is 1. The van der Waals surface area contributed by atoms with Gasteiger partial charge in [-0.2, -0.15) is 4.98 Å². The number of benzene rings is 1. The van der Waals surface area contributed by atoms with Crippen LogP contribution in [-0.2, 0) is 25.0 Å². The summed E-state index contributed by atoms with van der Waals surface area (Å²) in [6, 6.07) is 8.33. The van der Waals surface area contributed by atoms with Crippen molar-refractivity contribution in [3.63, 3.8) is 0 Å². The molecule has 0 unspecified atom stereocenters. The molecule has 0 saturated carbocycles. The van der Waals surface area contributed by atoms with Gasteiger partial charge in [0.1, 0.15) is 5.82 Å². The van der Waals surface area contributed by atoms with Crippen LogP contribution in [0.25, 0.3) is 0 Å². The molecule has 3 N–H and O–H groups in total. The van der Waals surface area contributed by atoms with Gasteiger partial charge in [-0.15, -0.1) is 0 Å². The van der Waals surface area contributed by atoms with Crippen LogP contribution in [0.3, 0.4) is 0 Å². The third kappa shape index (κ3) is 4.76. The molecule has 2 heterocycles. The molecule has 3 rings (SSSR count). The van der Waals surface area contributed by atoms with Crippen LogP contribution < -0.4 is 10.2 Å². The van der Waals surface area contributed by atoms with E-state index < -0.39 is 5.60 Å². The smallest absolute Gasteiger partial charge is 0.224 e. The Morgan fingerprint density at radius 3 is 2.70 bits per heavy atom. The molecule has 1 aliphatic rings. The summed E-state index contributed by atoms with van der Waals surface area (Å²) in [6.45, 7) is 8.24. The van der Waals surface area contributed by atoms with E-state index in [0.29, 0.717) is 18.9 Å². The van der Waals surface area contributed by atoms with E-state index in [1.807, 2.05) is 19.9 Å². The lowest BCUT2D eigenvalue weighted by Gasteiger charge is -2.31. The van der Waals surface area contributed by atoms with Crippen molar-refractivity contribution in [3.8, 4) is 0 Å². The number of nitrogens with zero attached hydrogens (tertiary/aromatic N) is 3. The highest BCUT2D eigenvalue weighted by atomic mass is 16.3. The summed E-state index contributed by atoms with van der Waals surface area (Å²) in [5.41, 5.74) is 3.73. The van der Waals surface area contributed by atoms with E-state index in [4.69, 9.17) is 5.11 Å². The molecule has 0 bridgehead atoms. The number of fused-ring (bicyclic) bond motifs is 1. The largest absolute Gasteiger partial charge is 0.396 e. The van der Waals surface area contributed by atoms with Crippen molar-refractivity contribution < 1.29 is 10.2 Å². The highest BCUT2D eigenvalue weighted by molar-refractivity contribution is 5.49. The van der Waals surface area contributed by atoms with Crippen LogP contribution in [-0.4, -0.2) is 39.9 Å². The van der Waals surface area contributed by atoms with Crippen molar-refractivity contribution in [3.05, 3.63) is 46.6 Å². The maximum atomic E-state index is 10.2. The van der Waals surface area contributed by atoms with Crippen LogP contribution in [0.4, 0.5) is 11.8 Å². The summed E-state index contributed by atoms with van der Waals surface area (Å²) in [5.74, 6) is 1.56. The predicted octanol–water partition coefficient (Wildman–Crippen LogP) is 2.62. The first-order valence-corrected chi connectivity index (χ1v) is 9.73. The molecular weight excluding hydrogens is 340 g/mol. The maximum Gasteiger partial charge on any atom is 0.224 e. The molecule has 6 heteroatoms. The van der Waals surface area contributed by atoms with Crippen LogP contribution in [0.15, 0.2) is 24.3 Å². The van der Waals surface area contributed by atoms with Gasteiger partial charge in [0.15, 0.2) is 0 Å². The van der Waals surface area contributed by atoms with Gasteiger partial charge in [0.25, 0.3) is 0 Å². The Morgan fingerprint density at radius 1 is 1.19 bits per heavy atom. The fourth-order valence-electron chi connectivity index (χ4n) is 3.31. The van der Waals surface area contributed by atoms with Crippen LogP contribution in [0.5, 0.6) is 0 Å². The number of rotatable bonds is 7. The lowest BCUT2D eigenvalue weighted by Crippen LogP contribution is -2.32. The Labute approximate surface area is 161 Å². The SMILES string of the molecule is CCc1cc(N2CCc3cc(C(C)(C)O)ccc3C2)nc(NCCCO)n1. The van der Waals surface area contributed by atoms with E-state index in [1.54, 1.807) is 0 Å². The second-order valence-electron chi connectivity index (χ2n) is 7.61. The molecular formula is C21H30N4O2. The molecule has 1 aromatic heterocycles. The Balaban J connectivity index is 1.81. The summed E-state index contributed by atoms with van der Waals surface area (Å²) in [6.07, 6.45) is 2.46. The van der Waals surface area contributed by atoms with E-state index in [2.05, 4.69) is 45.3 Å². The molecule has 0 saturated heterocycles. The number of aromatic nitrogens is 2. The number of aliphatic hydroxyl groups is 2. The second kappa shape index (κ2) is 8.23. The fraction of sp³-hybridized carbons (Fsp3) is 0.524. The minimum absolute atomic E-state index is 0.156. The van der Waals surface area contributed by atoms with Gasteiger partial charge in [-0.1, -0.05) is 25.1 Å². The van der Waals surface area contributed by atoms with E-state index in [-0.39, 0.29) is 6.61 Å². The Kier molecular flexibility index (Phi) is 5.97. The van der Waals surface area contributed by atoms with Crippen molar-refractivity contribution in [2.45, 2.75) is 52.2 Å². The zero-order valence-corrected chi connectivity index (χ0v) is 16.5. The van der Waals surface area contributed by atoms with Gasteiger partial charge in [0.2, 0.25) is 5.95 Å². The number of aliphatic hydroxyl groups excluding tert-OH is 1. The lowest BCUT2D eigenvalue weighted by molar-refractivity contribution is 0.0785. The standard InChI is InChI=1S/C21H30N4O2/c1-4-18-13-19(24-20(23-18)22-9-5-11-26)25-10-8-15-12-17(21(2,3)27)7-6-16(15)14-25/h6-7,12-13,26-27H,4-5,8-11,14H2,1-3H3,(H,22,23,24). The molecule has 6 nitrogen and oxygen atoms in total. The van der Waals surface area contributed by atoms with E-state index in [1.165, 1.54) is 11.1 Å². The first-order chi connectivity index (χ1) is 12.9. The molecule has 1 aromatic carbocycles. The lowest BCUT2D eigenvalue weighted by atomic mass is 9.91.